The summed E-state index contributed by atoms with van der Waals surface area (Å²) in [6.45, 7) is 0. The van der Waals surface area contributed by atoms with Gasteiger partial charge in [0.05, 0.1) is 0 Å². The van der Waals surface area contributed by atoms with Crippen molar-refractivity contribution in [2.24, 2.45) is 0 Å². The fraction of sp³-hybridized carbons (Fsp3) is 0.176. The van der Waals surface area contributed by atoms with Crippen LogP contribution in [0.25, 0.3) is 22.0 Å². The lowest BCUT2D eigenvalue weighted by molar-refractivity contribution is 0.819. The lowest BCUT2D eigenvalue weighted by Crippen LogP contribution is -1.86. The van der Waals surface area contributed by atoms with Crippen molar-refractivity contribution in [2.45, 2.75) is 19.3 Å². The summed E-state index contributed by atoms with van der Waals surface area (Å²) >= 11 is 6.09. The second-order valence-electron chi connectivity index (χ2n) is 5.18. The predicted octanol–water partition coefficient (Wildman–Crippen LogP) is 4.98. The third kappa shape index (κ3) is 1.69. The standard InChI is InChI=1S/C17H14ClN/c18-12-8-9-14-16(10-12)19-15-7-3-5-11-4-1-2-6-13(11)17(14)15/h1-2,4,6,8-10,19H,3,5,7H2. The lowest BCUT2D eigenvalue weighted by atomic mass is 9.98. The monoisotopic (exact) mass is 267 g/mol. The molecule has 2 heteroatoms. The van der Waals surface area contributed by atoms with E-state index in [9.17, 15) is 0 Å². The molecular formula is C17H14ClN. The van der Waals surface area contributed by atoms with E-state index in [4.69, 9.17) is 11.6 Å². The Balaban J connectivity index is 2.10. The maximum Gasteiger partial charge on any atom is 0.0477 e. The molecule has 19 heavy (non-hydrogen) atoms. The van der Waals surface area contributed by atoms with E-state index < -0.39 is 0 Å². The van der Waals surface area contributed by atoms with Gasteiger partial charge >= 0.3 is 0 Å². The Kier molecular flexibility index (Phi) is 2.42. The van der Waals surface area contributed by atoms with Gasteiger partial charge in [0.15, 0.2) is 0 Å². The van der Waals surface area contributed by atoms with Gasteiger partial charge in [-0.2, -0.15) is 0 Å². The molecule has 0 amide bonds. The second-order valence-corrected chi connectivity index (χ2v) is 5.62. The van der Waals surface area contributed by atoms with Crippen LogP contribution in [0.1, 0.15) is 17.7 Å². The topological polar surface area (TPSA) is 15.8 Å². The van der Waals surface area contributed by atoms with Crippen molar-refractivity contribution in [1.82, 2.24) is 4.98 Å². The number of nitrogens with one attached hydrogen (secondary N) is 1. The quantitative estimate of drug-likeness (QED) is 0.591. The van der Waals surface area contributed by atoms with Crippen molar-refractivity contribution in [1.29, 1.82) is 0 Å². The highest BCUT2D eigenvalue weighted by molar-refractivity contribution is 6.31. The number of benzene rings is 2. The Hall–Kier alpha value is -1.73. The molecule has 1 aromatic heterocycles. The molecule has 1 N–H and O–H groups in total. The largest absolute Gasteiger partial charge is 0.358 e. The molecule has 0 fully saturated rings. The zero-order valence-corrected chi connectivity index (χ0v) is 11.3. The highest BCUT2D eigenvalue weighted by Crippen LogP contribution is 2.38. The Morgan fingerprint density at radius 2 is 1.89 bits per heavy atom. The molecule has 0 aliphatic heterocycles. The highest BCUT2D eigenvalue weighted by Gasteiger charge is 2.18. The molecule has 1 nitrogen and oxygen atoms in total. The van der Waals surface area contributed by atoms with Crippen molar-refractivity contribution in [3.05, 3.63) is 58.7 Å². The Labute approximate surface area is 117 Å². The van der Waals surface area contributed by atoms with E-state index >= 15 is 0 Å². The third-order valence-electron chi connectivity index (χ3n) is 4.00. The number of hydrogen-bond acceptors (Lipinski definition) is 0. The summed E-state index contributed by atoms with van der Waals surface area (Å²) in [4.78, 5) is 3.55. The zero-order chi connectivity index (χ0) is 12.8. The highest BCUT2D eigenvalue weighted by atomic mass is 35.5. The Morgan fingerprint density at radius 3 is 2.84 bits per heavy atom. The molecule has 0 bridgehead atoms. The van der Waals surface area contributed by atoms with E-state index in [-0.39, 0.29) is 0 Å². The average molecular weight is 268 g/mol. The first-order valence-electron chi connectivity index (χ1n) is 6.71. The Bertz CT molecular complexity index is 770. The van der Waals surface area contributed by atoms with E-state index in [1.54, 1.807) is 0 Å². The first kappa shape index (κ1) is 11.1. The van der Waals surface area contributed by atoms with Crippen LogP contribution in [0.4, 0.5) is 0 Å². The molecule has 0 spiro atoms. The van der Waals surface area contributed by atoms with E-state index in [1.165, 1.54) is 34.2 Å². The molecule has 1 aliphatic rings. The van der Waals surface area contributed by atoms with Crippen LogP contribution >= 0.6 is 11.6 Å². The van der Waals surface area contributed by atoms with Crippen molar-refractivity contribution >= 4 is 22.5 Å². The molecule has 2 aromatic carbocycles. The fourth-order valence-corrected chi connectivity index (χ4v) is 3.33. The van der Waals surface area contributed by atoms with Crippen LogP contribution in [0.5, 0.6) is 0 Å². The van der Waals surface area contributed by atoms with Gasteiger partial charge in [-0.25, -0.2) is 0 Å². The van der Waals surface area contributed by atoms with Gasteiger partial charge in [0.1, 0.15) is 0 Å². The van der Waals surface area contributed by atoms with Crippen LogP contribution in [-0.2, 0) is 12.8 Å². The molecule has 4 rings (SSSR count). The fourth-order valence-electron chi connectivity index (χ4n) is 3.16. The van der Waals surface area contributed by atoms with Gasteiger partial charge in [-0.15, -0.1) is 0 Å². The number of halogens is 1. The van der Waals surface area contributed by atoms with E-state index in [1.807, 2.05) is 12.1 Å². The van der Waals surface area contributed by atoms with Crippen molar-refractivity contribution < 1.29 is 0 Å². The summed E-state index contributed by atoms with van der Waals surface area (Å²) in [5.41, 5.74) is 6.71. The van der Waals surface area contributed by atoms with Crippen molar-refractivity contribution in [2.75, 3.05) is 0 Å². The Morgan fingerprint density at radius 1 is 1.00 bits per heavy atom. The number of aryl methyl sites for hydroxylation is 2. The summed E-state index contributed by atoms with van der Waals surface area (Å²) in [6, 6.07) is 14.9. The van der Waals surface area contributed by atoms with Gasteiger partial charge in [0, 0.05) is 27.2 Å². The van der Waals surface area contributed by atoms with Gasteiger partial charge in [0.25, 0.3) is 0 Å². The maximum absolute atomic E-state index is 6.09. The van der Waals surface area contributed by atoms with Gasteiger partial charge in [-0.05, 0) is 42.5 Å². The van der Waals surface area contributed by atoms with Gasteiger partial charge < -0.3 is 4.98 Å². The third-order valence-corrected chi connectivity index (χ3v) is 4.23. The molecule has 1 aliphatic carbocycles. The predicted molar refractivity (Wildman–Crippen MR) is 80.8 cm³/mol. The van der Waals surface area contributed by atoms with Crippen LogP contribution in [0.2, 0.25) is 5.02 Å². The molecule has 1 heterocycles. The van der Waals surface area contributed by atoms with Gasteiger partial charge in [-0.1, -0.05) is 41.9 Å². The number of hydrogen-bond donors (Lipinski definition) is 1. The number of aromatic nitrogens is 1. The smallest absolute Gasteiger partial charge is 0.0477 e. The van der Waals surface area contributed by atoms with Crippen LogP contribution in [0.3, 0.4) is 0 Å². The summed E-state index contributed by atoms with van der Waals surface area (Å²) in [5.74, 6) is 0. The molecule has 3 aromatic rings. The van der Waals surface area contributed by atoms with E-state index in [0.29, 0.717) is 0 Å². The summed E-state index contributed by atoms with van der Waals surface area (Å²) in [5, 5.41) is 2.07. The van der Waals surface area contributed by atoms with E-state index in [0.717, 1.165) is 23.4 Å². The minimum Gasteiger partial charge on any atom is -0.358 e. The molecule has 0 radical (unpaired) electrons. The molecular weight excluding hydrogens is 254 g/mol. The normalized spacial score (nSPS) is 13.9. The first-order chi connectivity index (χ1) is 9.33. The van der Waals surface area contributed by atoms with Crippen LogP contribution in [0.15, 0.2) is 42.5 Å². The number of fused-ring (bicyclic) bond motifs is 5. The van der Waals surface area contributed by atoms with Gasteiger partial charge in [0.2, 0.25) is 0 Å². The minimum atomic E-state index is 0.789. The number of aromatic amines is 1. The molecule has 0 saturated heterocycles. The number of rotatable bonds is 0. The average Bonchev–Trinajstić information content (AvgIpc) is 2.66. The second kappa shape index (κ2) is 4.14. The first-order valence-corrected chi connectivity index (χ1v) is 7.09. The molecule has 94 valence electrons. The van der Waals surface area contributed by atoms with Crippen LogP contribution in [0, 0.1) is 0 Å². The van der Waals surface area contributed by atoms with E-state index in [2.05, 4.69) is 35.3 Å². The molecule has 0 atom stereocenters. The molecule has 0 unspecified atom stereocenters. The van der Waals surface area contributed by atoms with Crippen LogP contribution in [-0.4, -0.2) is 4.98 Å². The zero-order valence-electron chi connectivity index (χ0n) is 10.5. The van der Waals surface area contributed by atoms with Gasteiger partial charge in [-0.3, -0.25) is 0 Å². The maximum atomic E-state index is 6.09. The van der Waals surface area contributed by atoms with Crippen molar-refractivity contribution in [3.63, 3.8) is 0 Å². The van der Waals surface area contributed by atoms with Crippen molar-refractivity contribution in [3.8, 4) is 11.1 Å². The number of H-pyrrole nitrogens is 1. The lowest BCUT2D eigenvalue weighted by Gasteiger charge is -2.06. The summed E-state index contributed by atoms with van der Waals surface area (Å²) in [7, 11) is 0. The van der Waals surface area contributed by atoms with Crippen LogP contribution < -0.4 is 0 Å². The molecule has 0 saturated carbocycles. The minimum absolute atomic E-state index is 0.789. The summed E-state index contributed by atoms with van der Waals surface area (Å²) in [6.07, 6.45) is 3.47. The summed E-state index contributed by atoms with van der Waals surface area (Å²) < 4.78 is 0. The SMILES string of the molecule is Clc1ccc2c3c([nH]c2c1)CCCc1ccccc1-3.